The molecule has 0 saturated carbocycles. The van der Waals surface area contributed by atoms with E-state index >= 15 is 0 Å². The number of aromatic nitrogens is 1. The first-order valence-electron chi connectivity index (χ1n) is 12.0. The summed E-state index contributed by atoms with van der Waals surface area (Å²) in [4.78, 5) is 24.9. The van der Waals surface area contributed by atoms with Crippen LogP contribution < -0.4 is 0 Å². The molecule has 0 atom stereocenters. The fourth-order valence-electron chi connectivity index (χ4n) is 5.34. The number of piperazine rings is 1. The van der Waals surface area contributed by atoms with Crippen molar-refractivity contribution < 1.29 is 9.90 Å². The minimum atomic E-state index is -0.881. The van der Waals surface area contributed by atoms with E-state index in [1.165, 1.54) is 0 Å². The van der Waals surface area contributed by atoms with Gasteiger partial charge in [-0.1, -0.05) is 48.5 Å². The van der Waals surface area contributed by atoms with Gasteiger partial charge in [-0.2, -0.15) is 0 Å². The maximum absolute atomic E-state index is 12.5. The molecule has 6 heteroatoms. The third-order valence-electron chi connectivity index (χ3n) is 7.25. The first kappa shape index (κ1) is 22.0. The molecule has 2 aliphatic heterocycles. The molecule has 1 aromatic heterocycles. The van der Waals surface area contributed by atoms with Crippen molar-refractivity contribution in [3.63, 3.8) is 0 Å². The van der Waals surface area contributed by atoms with Crippen LogP contribution >= 0.6 is 0 Å². The van der Waals surface area contributed by atoms with Gasteiger partial charge in [0, 0.05) is 55.3 Å². The summed E-state index contributed by atoms with van der Waals surface area (Å²) < 4.78 is 0. The third-order valence-corrected chi connectivity index (χ3v) is 7.25. The first-order chi connectivity index (χ1) is 16.1. The highest BCUT2D eigenvalue weighted by molar-refractivity contribution is 6.05. The molecule has 2 aliphatic rings. The van der Waals surface area contributed by atoms with Crippen LogP contribution in [0.3, 0.4) is 0 Å². The van der Waals surface area contributed by atoms with Crippen molar-refractivity contribution in [2.75, 3.05) is 46.3 Å². The Morgan fingerprint density at radius 1 is 0.939 bits per heavy atom. The minimum absolute atomic E-state index is 0.389. The molecule has 3 aromatic rings. The molecule has 0 spiro atoms. The zero-order valence-electron chi connectivity index (χ0n) is 19.3. The molecule has 5 rings (SSSR count). The van der Waals surface area contributed by atoms with E-state index in [1.807, 2.05) is 54.6 Å². The summed E-state index contributed by atoms with van der Waals surface area (Å²) in [5, 5.41) is 11.0. The number of hydrogen-bond acceptors (Lipinski definition) is 5. The molecule has 172 valence electrons. The number of benzene rings is 2. The lowest BCUT2D eigenvalue weighted by Crippen LogP contribution is -2.52. The predicted molar refractivity (Wildman–Crippen MR) is 132 cm³/mol. The van der Waals surface area contributed by atoms with E-state index in [9.17, 15) is 9.90 Å². The normalized spacial score (nSPS) is 19.2. The molecule has 0 amide bonds. The number of pyridine rings is 1. The number of carboxylic acid groups (broad SMARTS) is 1. The zero-order valence-corrected chi connectivity index (χ0v) is 19.3. The SMILES string of the molecule is CN1CCN(C2CCN(Cc3c(-c4ccccc4)nc4ccccc4c3C(=O)O)CC2)CC1. The Bertz CT molecular complexity index is 1120. The molecule has 33 heavy (non-hydrogen) atoms. The fraction of sp³-hybridized carbons (Fsp3) is 0.407. The number of likely N-dealkylation sites (N-methyl/N-ethyl adjacent to an activating group) is 1. The Morgan fingerprint density at radius 3 is 2.30 bits per heavy atom. The minimum Gasteiger partial charge on any atom is -0.478 e. The van der Waals surface area contributed by atoms with Crippen LogP contribution in [-0.4, -0.2) is 83.1 Å². The van der Waals surface area contributed by atoms with Crippen LogP contribution in [0.2, 0.25) is 0 Å². The van der Waals surface area contributed by atoms with E-state index in [0.717, 1.165) is 74.4 Å². The predicted octanol–water partition coefficient (Wildman–Crippen LogP) is 3.81. The lowest BCUT2D eigenvalue weighted by Gasteiger charge is -2.42. The summed E-state index contributed by atoms with van der Waals surface area (Å²) in [6.07, 6.45) is 2.27. The highest BCUT2D eigenvalue weighted by Gasteiger charge is 2.29. The number of hydrogen-bond donors (Lipinski definition) is 1. The largest absolute Gasteiger partial charge is 0.478 e. The fourth-order valence-corrected chi connectivity index (χ4v) is 5.34. The van der Waals surface area contributed by atoms with E-state index in [4.69, 9.17) is 4.98 Å². The highest BCUT2D eigenvalue weighted by atomic mass is 16.4. The van der Waals surface area contributed by atoms with Gasteiger partial charge in [-0.3, -0.25) is 9.80 Å². The summed E-state index contributed by atoms with van der Waals surface area (Å²) in [5.41, 5.74) is 3.69. The van der Waals surface area contributed by atoms with Gasteiger partial charge in [0.05, 0.1) is 16.8 Å². The molecule has 0 radical (unpaired) electrons. The number of piperidine rings is 1. The number of fused-ring (bicyclic) bond motifs is 1. The van der Waals surface area contributed by atoms with Crippen LogP contribution in [0.1, 0.15) is 28.8 Å². The van der Waals surface area contributed by atoms with Crippen molar-refractivity contribution in [3.05, 3.63) is 65.7 Å². The molecule has 3 heterocycles. The van der Waals surface area contributed by atoms with Gasteiger partial charge in [0.15, 0.2) is 0 Å². The Labute approximate surface area is 195 Å². The van der Waals surface area contributed by atoms with Crippen molar-refractivity contribution in [2.45, 2.75) is 25.4 Å². The number of nitrogens with zero attached hydrogens (tertiary/aromatic N) is 4. The first-order valence-corrected chi connectivity index (χ1v) is 12.0. The van der Waals surface area contributed by atoms with Gasteiger partial charge >= 0.3 is 5.97 Å². The molecule has 2 saturated heterocycles. The van der Waals surface area contributed by atoms with Gasteiger partial charge in [-0.15, -0.1) is 0 Å². The summed E-state index contributed by atoms with van der Waals surface area (Å²) >= 11 is 0. The summed E-state index contributed by atoms with van der Waals surface area (Å²) in [5.74, 6) is -0.881. The number of likely N-dealkylation sites (tertiary alicyclic amines) is 1. The van der Waals surface area contributed by atoms with E-state index in [1.54, 1.807) is 0 Å². The Morgan fingerprint density at radius 2 is 1.61 bits per heavy atom. The second-order valence-corrected chi connectivity index (χ2v) is 9.35. The van der Waals surface area contributed by atoms with Crippen LogP contribution in [0.25, 0.3) is 22.2 Å². The quantitative estimate of drug-likeness (QED) is 0.646. The molecular formula is C27H32N4O2. The molecular weight excluding hydrogens is 412 g/mol. The van der Waals surface area contributed by atoms with Crippen molar-refractivity contribution in [3.8, 4) is 11.3 Å². The number of para-hydroxylation sites is 1. The van der Waals surface area contributed by atoms with E-state index in [-0.39, 0.29) is 0 Å². The number of carbonyl (C=O) groups is 1. The van der Waals surface area contributed by atoms with E-state index in [2.05, 4.69) is 21.7 Å². The molecule has 6 nitrogen and oxygen atoms in total. The molecule has 2 fully saturated rings. The summed E-state index contributed by atoms with van der Waals surface area (Å²) in [6.45, 7) is 7.16. The Balaban J connectivity index is 1.44. The van der Waals surface area contributed by atoms with Gasteiger partial charge < -0.3 is 10.0 Å². The van der Waals surface area contributed by atoms with Crippen molar-refractivity contribution in [1.29, 1.82) is 0 Å². The number of aromatic carboxylic acids is 1. The van der Waals surface area contributed by atoms with Crippen LogP contribution in [-0.2, 0) is 6.54 Å². The van der Waals surface area contributed by atoms with Crippen LogP contribution in [0.15, 0.2) is 54.6 Å². The summed E-state index contributed by atoms with van der Waals surface area (Å²) in [6, 6.07) is 18.2. The highest BCUT2D eigenvalue weighted by Crippen LogP contribution is 2.32. The Hall–Kier alpha value is -2.80. The second kappa shape index (κ2) is 9.59. The molecule has 0 unspecified atom stereocenters. The lowest BCUT2D eigenvalue weighted by molar-refractivity contribution is 0.0645. The molecule has 0 bridgehead atoms. The van der Waals surface area contributed by atoms with Crippen LogP contribution in [0.4, 0.5) is 0 Å². The smallest absolute Gasteiger partial charge is 0.336 e. The van der Waals surface area contributed by atoms with Gasteiger partial charge in [0.1, 0.15) is 0 Å². The zero-order chi connectivity index (χ0) is 22.8. The van der Waals surface area contributed by atoms with E-state index < -0.39 is 5.97 Å². The maximum Gasteiger partial charge on any atom is 0.336 e. The Kier molecular flexibility index (Phi) is 6.40. The van der Waals surface area contributed by atoms with Gasteiger partial charge in [0.2, 0.25) is 0 Å². The van der Waals surface area contributed by atoms with Crippen molar-refractivity contribution >= 4 is 16.9 Å². The van der Waals surface area contributed by atoms with E-state index in [0.29, 0.717) is 23.5 Å². The van der Waals surface area contributed by atoms with Gasteiger partial charge in [-0.05, 0) is 39.0 Å². The number of rotatable bonds is 5. The van der Waals surface area contributed by atoms with Crippen molar-refractivity contribution in [1.82, 2.24) is 19.7 Å². The average Bonchev–Trinajstić information content (AvgIpc) is 2.85. The van der Waals surface area contributed by atoms with Crippen molar-refractivity contribution in [2.24, 2.45) is 0 Å². The molecule has 1 N–H and O–H groups in total. The average molecular weight is 445 g/mol. The monoisotopic (exact) mass is 444 g/mol. The third kappa shape index (κ3) is 4.64. The standard InChI is InChI=1S/C27H32N4O2/c1-29-15-17-31(18-16-29)21-11-13-30(14-12-21)19-23-25(27(32)33)22-9-5-6-10-24(22)28-26(23)20-7-3-2-4-8-20/h2-10,21H,11-19H2,1H3,(H,32,33). The number of carboxylic acids is 1. The molecule has 0 aliphatic carbocycles. The van der Waals surface area contributed by atoms with Gasteiger partial charge in [-0.25, -0.2) is 9.78 Å². The lowest BCUT2D eigenvalue weighted by atomic mass is 9.95. The van der Waals surface area contributed by atoms with Crippen LogP contribution in [0.5, 0.6) is 0 Å². The molecule has 2 aromatic carbocycles. The second-order valence-electron chi connectivity index (χ2n) is 9.35. The maximum atomic E-state index is 12.5. The summed E-state index contributed by atoms with van der Waals surface area (Å²) in [7, 11) is 2.20. The van der Waals surface area contributed by atoms with Gasteiger partial charge in [0.25, 0.3) is 0 Å². The van der Waals surface area contributed by atoms with Crippen LogP contribution in [0, 0.1) is 0 Å². The topological polar surface area (TPSA) is 59.9 Å².